The normalized spacial score (nSPS) is 15.2. The maximum absolute atomic E-state index is 8.96. The van der Waals surface area contributed by atoms with Crippen molar-refractivity contribution in [2.24, 2.45) is 0 Å². The number of aromatic nitrogens is 1. The molecule has 0 bridgehead atoms. The van der Waals surface area contributed by atoms with Gasteiger partial charge >= 0.3 is 0 Å². The fourth-order valence-corrected chi connectivity index (χ4v) is 19.0. The Morgan fingerprint density at radius 3 is 1.16 bits per heavy atom. The van der Waals surface area contributed by atoms with Crippen LogP contribution in [0.3, 0.4) is 0 Å². The number of rotatable bonds is 10. The molecule has 19 aromatic rings. The van der Waals surface area contributed by atoms with Crippen LogP contribution in [-0.2, 0) is 0 Å². The highest BCUT2D eigenvalue weighted by atomic mass is 15.1. The zero-order valence-electron chi connectivity index (χ0n) is 86.5. The Hall–Kier alpha value is -14.4. The second-order valence-corrected chi connectivity index (χ2v) is 30.1. The topological polar surface area (TPSA) is 11.4 Å². The van der Waals surface area contributed by atoms with E-state index in [1.807, 2.05) is 116 Å². The molecule has 0 spiro atoms. The van der Waals surface area contributed by atoms with Crippen molar-refractivity contribution in [3.63, 3.8) is 0 Å². The Bertz CT molecular complexity index is 8480. The number of anilines is 6. The van der Waals surface area contributed by atoms with Gasteiger partial charge in [-0.15, -0.1) is 0 Å². The summed E-state index contributed by atoms with van der Waals surface area (Å²) in [7, 11) is 0. The number of benzene rings is 18. The highest BCUT2D eigenvalue weighted by molar-refractivity contribution is 7.04. The molecule has 0 amide bonds. The molecule has 0 aliphatic carbocycles. The number of para-hydroxylation sites is 6. The fraction of sp³-hybridized carbons (Fsp3) is 0.0182. The summed E-state index contributed by atoms with van der Waals surface area (Å²) in [6.07, 6.45) is 0. The average molecular weight is 1490 g/mol. The van der Waals surface area contributed by atoms with Crippen LogP contribution in [0.1, 0.15) is 44.0 Å². The molecule has 6 aliphatic heterocycles. The SMILES string of the molecule is Cc1cc2c3c(c1)-c1cc(-n4c5ccccc5c5ccccc54)ccc1B3c1cc(-c3ccccc3)ccc1-2.[2H]c1c([2H])c([2H])c(-c2cc3c4c(c2)-c2c([2H])c([2H])c([2H])c([2H])c2B4c2ccc(N(c4ccccc4)c4ccccc4)cc2-3)c([2H])c1[2H].[2H]c1c([2H])c([2H])c(-c2ccc3c(c2)-c2cc(C)cc4c2B3c2ccc(N(c3c([2H])c([2H])c([2H])c([2H])c3[2H])c3c([2H])c([2H])c([2H])c([2H])c3[2H])cc2-4)c([2H])c1[2H]. The minimum Gasteiger partial charge on any atom is -0.310 e. The molecule has 538 valence electrons. The van der Waals surface area contributed by atoms with Gasteiger partial charge in [-0.05, 0) is 240 Å². The van der Waals surface area contributed by atoms with Crippen LogP contribution in [0.25, 0.3) is 128 Å². The van der Waals surface area contributed by atoms with Gasteiger partial charge in [0.05, 0.1) is 43.9 Å². The van der Waals surface area contributed by atoms with E-state index < -0.39 is 103 Å². The van der Waals surface area contributed by atoms with Crippen molar-refractivity contribution in [2.45, 2.75) is 13.8 Å². The van der Waals surface area contributed by atoms with Gasteiger partial charge in [0.25, 0.3) is 0 Å². The number of fused-ring (bicyclic) bond motifs is 21. The van der Waals surface area contributed by atoms with Crippen molar-refractivity contribution in [3.05, 3.63) is 423 Å². The van der Waals surface area contributed by atoms with E-state index in [1.54, 1.807) is 24.3 Å². The summed E-state index contributed by atoms with van der Waals surface area (Å²) in [6.45, 7) is 3.74. The Kier molecular flexibility index (Phi) is 11.0. The van der Waals surface area contributed by atoms with E-state index in [-0.39, 0.29) is 90.0 Å². The van der Waals surface area contributed by atoms with Crippen molar-refractivity contribution in [1.82, 2.24) is 4.57 Å². The molecular formula is C110H74B3N3. The minimum atomic E-state index is -0.649. The Labute approximate surface area is 712 Å². The third kappa shape index (κ3) is 10.8. The van der Waals surface area contributed by atoms with E-state index in [0.717, 1.165) is 88.2 Å². The molecule has 0 radical (unpaired) electrons. The third-order valence-electron chi connectivity index (χ3n) is 23.7. The van der Waals surface area contributed by atoms with Crippen LogP contribution in [0.5, 0.6) is 0 Å². The van der Waals surface area contributed by atoms with E-state index in [2.05, 4.69) is 150 Å². The number of hydrogen-bond acceptors (Lipinski definition) is 2. The molecule has 0 fully saturated rings. The molecular weight excluding hydrogens is 1400 g/mol. The highest BCUT2D eigenvalue weighted by Gasteiger charge is 2.46. The molecule has 3 nitrogen and oxygen atoms in total. The van der Waals surface area contributed by atoms with E-state index in [9.17, 15) is 0 Å². The summed E-state index contributed by atoms with van der Waals surface area (Å²) in [4.78, 5) is 3.29. The highest BCUT2D eigenvalue weighted by Crippen LogP contribution is 2.46. The predicted molar refractivity (Wildman–Crippen MR) is 495 cm³/mol. The first-order valence-electron chi connectivity index (χ1n) is 50.7. The second-order valence-electron chi connectivity index (χ2n) is 30.1. The van der Waals surface area contributed by atoms with Crippen LogP contribution < -0.4 is 59.0 Å². The first-order valence-corrected chi connectivity index (χ1v) is 38.7. The fourth-order valence-electron chi connectivity index (χ4n) is 19.0. The van der Waals surface area contributed by atoms with Gasteiger partial charge < -0.3 is 14.4 Å². The summed E-state index contributed by atoms with van der Waals surface area (Å²) in [6, 6.07) is 80.4. The number of nitrogens with zero attached hydrogens (tertiary/aromatic N) is 3. The van der Waals surface area contributed by atoms with Gasteiger partial charge in [0, 0.05) is 50.6 Å². The lowest BCUT2D eigenvalue weighted by atomic mass is 9.41. The van der Waals surface area contributed by atoms with Gasteiger partial charge in [-0.25, -0.2) is 0 Å². The number of aryl methyl sites for hydroxylation is 2. The third-order valence-corrected chi connectivity index (χ3v) is 23.7. The van der Waals surface area contributed by atoms with Crippen LogP contribution in [0.4, 0.5) is 34.1 Å². The average Bonchev–Trinajstić information content (AvgIpc) is 1.81. The Morgan fingerprint density at radius 1 is 0.224 bits per heavy atom. The van der Waals surface area contributed by atoms with Crippen molar-refractivity contribution in [3.8, 4) is 106 Å². The molecule has 18 aromatic carbocycles. The van der Waals surface area contributed by atoms with Crippen LogP contribution in [0, 0.1) is 13.8 Å². The molecule has 1 aromatic heterocycles. The molecule has 25 rings (SSSR count). The van der Waals surface area contributed by atoms with Gasteiger partial charge in [-0.2, -0.15) is 0 Å². The molecule has 0 saturated heterocycles. The Morgan fingerprint density at radius 2 is 0.603 bits per heavy atom. The predicted octanol–water partition coefficient (Wildman–Crippen LogP) is 22.1. The summed E-state index contributed by atoms with van der Waals surface area (Å²) >= 11 is 0. The zero-order chi connectivity index (χ0) is 97.5. The molecule has 0 N–H and O–H groups in total. The van der Waals surface area contributed by atoms with Crippen molar-refractivity contribution in [2.75, 3.05) is 9.80 Å². The smallest absolute Gasteiger partial charge is 0.244 e. The van der Waals surface area contributed by atoms with E-state index in [0.29, 0.717) is 27.7 Å². The first-order chi connectivity index (χ1) is 67.3. The summed E-state index contributed by atoms with van der Waals surface area (Å²) in [5.41, 5.74) is 32.5. The summed E-state index contributed by atoms with van der Waals surface area (Å²) in [5, 5.41) is 2.60. The minimum absolute atomic E-state index is 0.0423. The van der Waals surface area contributed by atoms with Gasteiger partial charge in [-0.1, -0.05) is 346 Å². The summed E-state index contributed by atoms with van der Waals surface area (Å²) < 4.78 is 206. The molecule has 6 aliphatic rings. The quantitative estimate of drug-likeness (QED) is 0.126. The van der Waals surface area contributed by atoms with Gasteiger partial charge in [-0.3, -0.25) is 0 Å². The molecule has 0 atom stereocenters. The van der Waals surface area contributed by atoms with Crippen molar-refractivity contribution >= 4 is 125 Å². The van der Waals surface area contributed by atoms with Crippen molar-refractivity contribution in [1.29, 1.82) is 0 Å². The molecule has 6 heteroatoms. The van der Waals surface area contributed by atoms with E-state index >= 15 is 0 Å². The van der Waals surface area contributed by atoms with Crippen molar-refractivity contribution < 1.29 is 32.9 Å². The lowest BCUT2D eigenvalue weighted by molar-refractivity contribution is 1.18. The lowest BCUT2D eigenvalue weighted by Crippen LogP contribution is -2.45. The summed E-state index contributed by atoms with van der Waals surface area (Å²) in [5.74, 6) is 0. The van der Waals surface area contributed by atoms with Gasteiger partial charge in [0.2, 0.25) is 20.1 Å². The van der Waals surface area contributed by atoms with Gasteiger partial charge in [0.15, 0.2) is 0 Å². The molecule has 116 heavy (non-hydrogen) atoms. The maximum atomic E-state index is 8.96. The molecule has 0 saturated carbocycles. The molecule has 7 heterocycles. The Balaban J connectivity index is 0.000000118. The number of hydrogen-bond donors (Lipinski definition) is 0. The van der Waals surface area contributed by atoms with E-state index in [1.165, 1.54) is 82.8 Å². The zero-order valence-corrected chi connectivity index (χ0v) is 62.5. The lowest BCUT2D eigenvalue weighted by Gasteiger charge is -2.26. The molecule has 0 unspecified atom stereocenters. The largest absolute Gasteiger partial charge is 0.310 e. The van der Waals surface area contributed by atoms with E-state index in [4.69, 9.17) is 32.9 Å². The standard InChI is InChI=1S/C37H24BN.C37H26BN.C36H24BN/c1-23-19-31-27-17-15-25(24-9-3-2-4-10-24)21-34(27)38-33-18-16-26(22-30(33)32(20-23)37(31)38)39-35-13-7-5-11-28(35)29-12-6-8-14-36(29)39;1-25-21-33-31-23-27(26-11-5-2-6-12-26)17-19-35(31)38-36-20-18-30(24-32(36)34(22-25)37(33)38)39(28-13-7-3-8-14-28)29-15-9-4-10-16-29;1-4-12-25(13-5-1)26-22-32-30-18-10-11-19-34(30)37-35-21-20-29(24-31(35)33(23-26)36(32)37)38(27-14-6-2-7-15-27)28-16-8-3-9-17-28/h2-22H,1H3;2-24H,1H3;1-24H/i;2D,3D,4D,5D,6D,7D,8D,9D,10D,11D,12D,13D,14D,15D,16D;1D,4D,5D,10D,11D,12D,13D,18D,19D. The first kappa shape index (κ1) is 47.2. The van der Waals surface area contributed by atoms with Crippen LogP contribution in [-0.4, -0.2) is 24.7 Å². The van der Waals surface area contributed by atoms with Gasteiger partial charge in [0.1, 0.15) is 0 Å². The monoisotopic (exact) mass is 1490 g/mol. The maximum Gasteiger partial charge on any atom is 0.244 e. The van der Waals surface area contributed by atoms with Crippen LogP contribution >= 0.6 is 0 Å². The van der Waals surface area contributed by atoms with Crippen LogP contribution in [0.2, 0.25) is 0 Å². The van der Waals surface area contributed by atoms with Crippen LogP contribution in [0.15, 0.2) is 412 Å². The second kappa shape index (κ2) is 27.2.